The average Bonchev–Trinajstić information content (AvgIpc) is 2.38. The Bertz CT molecular complexity index is 599. The molecule has 0 aliphatic heterocycles. The lowest BCUT2D eigenvalue weighted by atomic mass is 10.3. The largest absolute Gasteiger partial charge is 0.268 e. The van der Waals surface area contributed by atoms with Crippen LogP contribution in [0, 0.1) is 11.3 Å². The summed E-state index contributed by atoms with van der Waals surface area (Å²) in [4.78, 5) is 19.7. The van der Waals surface area contributed by atoms with Crippen molar-refractivity contribution in [2.45, 2.75) is 13.0 Å². The summed E-state index contributed by atoms with van der Waals surface area (Å²) in [5, 5.41) is 12.4. The van der Waals surface area contributed by atoms with E-state index < -0.39 is 0 Å². The molecule has 0 aliphatic rings. The molecule has 2 heterocycles. The van der Waals surface area contributed by atoms with Crippen LogP contribution >= 0.6 is 0 Å². The van der Waals surface area contributed by atoms with Gasteiger partial charge in [0.1, 0.15) is 0 Å². The summed E-state index contributed by atoms with van der Waals surface area (Å²) in [5.41, 5.74) is 0.314. The molecule has 0 saturated heterocycles. The highest BCUT2D eigenvalue weighted by Crippen LogP contribution is 2.08. The van der Waals surface area contributed by atoms with E-state index in [4.69, 9.17) is 5.26 Å². The number of rotatable bonds is 3. The van der Waals surface area contributed by atoms with Crippen molar-refractivity contribution in [2.24, 2.45) is 0 Å². The number of aryl methyl sites for hydroxylation is 1. The second-order valence-electron chi connectivity index (χ2n) is 3.29. The molecule has 84 valence electrons. The monoisotopic (exact) mass is 227 g/mol. The summed E-state index contributed by atoms with van der Waals surface area (Å²) in [6.45, 7) is 0.297. The summed E-state index contributed by atoms with van der Waals surface area (Å²) in [6.07, 6.45) is 4.98. The van der Waals surface area contributed by atoms with Crippen molar-refractivity contribution >= 4 is 0 Å². The lowest BCUT2D eigenvalue weighted by molar-refractivity contribution is 0.589. The standard InChI is InChI=1S/C11H9N5O/c12-3-1-6-16-10(17)7-9(8-15-16)11-13-4-2-5-14-11/h2,4-5,7-8H,1,6H2. The van der Waals surface area contributed by atoms with Crippen molar-refractivity contribution in [2.75, 3.05) is 0 Å². The molecule has 6 nitrogen and oxygen atoms in total. The van der Waals surface area contributed by atoms with Crippen molar-refractivity contribution in [3.05, 3.63) is 41.1 Å². The van der Waals surface area contributed by atoms with E-state index in [1.807, 2.05) is 6.07 Å². The van der Waals surface area contributed by atoms with Crippen LogP contribution in [0.2, 0.25) is 0 Å². The minimum Gasteiger partial charge on any atom is -0.268 e. The van der Waals surface area contributed by atoms with Gasteiger partial charge in [0, 0.05) is 24.0 Å². The summed E-state index contributed by atoms with van der Waals surface area (Å²) in [7, 11) is 0. The third kappa shape index (κ3) is 2.52. The molecular weight excluding hydrogens is 218 g/mol. The molecule has 0 fully saturated rings. The smallest absolute Gasteiger partial charge is 0.267 e. The third-order valence-corrected chi connectivity index (χ3v) is 2.13. The highest BCUT2D eigenvalue weighted by molar-refractivity contribution is 5.51. The van der Waals surface area contributed by atoms with E-state index >= 15 is 0 Å². The minimum absolute atomic E-state index is 0.258. The lowest BCUT2D eigenvalue weighted by Crippen LogP contribution is -2.22. The number of nitrogens with zero attached hydrogens (tertiary/aromatic N) is 5. The van der Waals surface area contributed by atoms with Crippen LogP contribution in [-0.4, -0.2) is 19.7 Å². The summed E-state index contributed by atoms with van der Waals surface area (Å²) in [5.74, 6) is 0.463. The molecule has 2 rings (SSSR count). The molecule has 0 bridgehead atoms. The van der Waals surface area contributed by atoms with Gasteiger partial charge in [0.2, 0.25) is 0 Å². The lowest BCUT2D eigenvalue weighted by Gasteiger charge is -2.02. The van der Waals surface area contributed by atoms with Gasteiger partial charge < -0.3 is 0 Å². The minimum atomic E-state index is -0.259. The van der Waals surface area contributed by atoms with Gasteiger partial charge in [-0.3, -0.25) is 4.79 Å². The van der Waals surface area contributed by atoms with E-state index in [9.17, 15) is 4.79 Å². The van der Waals surface area contributed by atoms with Crippen LogP contribution in [0.15, 0.2) is 35.5 Å². The van der Waals surface area contributed by atoms with Crippen molar-refractivity contribution < 1.29 is 0 Å². The van der Waals surface area contributed by atoms with Crippen molar-refractivity contribution in [3.63, 3.8) is 0 Å². The quantitative estimate of drug-likeness (QED) is 0.767. The van der Waals surface area contributed by atoms with Crippen LogP contribution in [0.4, 0.5) is 0 Å². The van der Waals surface area contributed by atoms with Gasteiger partial charge in [0.25, 0.3) is 5.56 Å². The van der Waals surface area contributed by atoms with Crippen LogP contribution in [-0.2, 0) is 6.54 Å². The fourth-order valence-electron chi connectivity index (χ4n) is 1.33. The molecule has 0 aliphatic carbocycles. The molecule has 17 heavy (non-hydrogen) atoms. The van der Waals surface area contributed by atoms with E-state index in [1.165, 1.54) is 16.9 Å². The molecule has 0 N–H and O–H groups in total. The SMILES string of the molecule is N#CCCn1ncc(-c2ncccn2)cc1=O. The van der Waals surface area contributed by atoms with Crippen LogP contribution in [0.25, 0.3) is 11.4 Å². The van der Waals surface area contributed by atoms with Gasteiger partial charge in [-0.15, -0.1) is 0 Å². The average molecular weight is 227 g/mol. The van der Waals surface area contributed by atoms with Crippen LogP contribution < -0.4 is 5.56 Å². The third-order valence-electron chi connectivity index (χ3n) is 2.13. The number of hydrogen-bond donors (Lipinski definition) is 0. The van der Waals surface area contributed by atoms with Gasteiger partial charge in [-0.1, -0.05) is 0 Å². The topological polar surface area (TPSA) is 84.5 Å². The number of aromatic nitrogens is 4. The summed E-state index contributed by atoms with van der Waals surface area (Å²) >= 11 is 0. The van der Waals surface area contributed by atoms with Crippen molar-refractivity contribution in [1.82, 2.24) is 19.7 Å². The maximum absolute atomic E-state index is 11.7. The Morgan fingerprint density at radius 2 is 2.12 bits per heavy atom. The number of nitriles is 1. The van der Waals surface area contributed by atoms with Crippen molar-refractivity contribution in [3.8, 4) is 17.5 Å². The van der Waals surface area contributed by atoms with Gasteiger partial charge in [-0.25, -0.2) is 14.6 Å². The van der Waals surface area contributed by atoms with Gasteiger partial charge in [-0.2, -0.15) is 10.4 Å². The van der Waals surface area contributed by atoms with E-state index in [-0.39, 0.29) is 12.0 Å². The molecule has 0 radical (unpaired) electrons. The van der Waals surface area contributed by atoms with Crippen LogP contribution in [0.5, 0.6) is 0 Å². The predicted molar refractivity (Wildman–Crippen MR) is 59.8 cm³/mol. The normalized spacial score (nSPS) is 9.82. The molecule has 2 aromatic heterocycles. The fraction of sp³-hybridized carbons (Fsp3) is 0.182. The van der Waals surface area contributed by atoms with Gasteiger partial charge >= 0.3 is 0 Å². The molecule has 0 amide bonds. The zero-order chi connectivity index (χ0) is 12.1. The summed E-state index contributed by atoms with van der Waals surface area (Å²) < 4.78 is 1.25. The van der Waals surface area contributed by atoms with Gasteiger partial charge in [0.05, 0.1) is 25.2 Å². The maximum atomic E-state index is 11.7. The first-order chi connectivity index (χ1) is 8.31. The zero-order valence-electron chi connectivity index (χ0n) is 8.95. The molecule has 2 aromatic rings. The number of hydrogen-bond acceptors (Lipinski definition) is 5. The Hall–Kier alpha value is -2.55. The fourth-order valence-corrected chi connectivity index (χ4v) is 1.33. The molecule has 6 heteroatoms. The van der Waals surface area contributed by atoms with Gasteiger partial charge in [-0.05, 0) is 6.07 Å². The molecule has 0 unspecified atom stereocenters. The molecular formula is C11H9N5O. The molecule has 0 aromatic carbocycles. The Morgan fingerprint density at radius 1 is 1.35 bits per heavy atom. The van der Waals surface area contributed by atoms with E-state index in [0.29, 0.717) is 17.9 Å². The van der Waals surface area contributed by atoms with E-state index in [2.05, 4.69) is 15.1 Å². The van der Waals surface area contributed by atoms with Crippen molar-refractivity contribution in [1.29, 1.82) is 5.26 Å². The summed E-state index contributed by atoms with van der Waals surface area (Å²) in [6, 6.07) is 5.08. The first-order valence-corrected chi connectivity index (χ1v) is 5.03. The van der Waals surface area contributed by atoms with Crippen LogP contribution in [0.1, 0.15) is 6.42 Å². The van der Waals surface area contributed by atoms with Gasteiger partial charge in [0.15, 0.2) is 5.82 Å². The predicted octanol–water partition coefficient (Wildman–Crippen LogP) is 0.614. The Balaban J connectivity index is 2.32. The first-order valence-electron chi connectivity index (χ1n) is 5.03. The Kier molecular flexibility index (Phi) is 3.21. The Morgan fingerprint density at radius 3 is 2.76 bits per heavy atom. The van der Waals surface area contributed by atoms with E-state index in [1.54, 1.807) is 18.5 Å². The highest BCUT2D eigenvalue weighted by atomic mass is 16.1. The zero-order valence-corrected chi connectivity index (χ0v) is 8.95. The Labute approximate surface area is 97.2 Å². The van der Waals surface area contributed by atoms with Crippen LogP contribution in [0.3, 0.4) is 0 Å². The first kappa shape index (κ1) is 11.0. The second kappa shape index (κ2) is 4.99. The van der Waals surface area contributed by atoms with E-state index in [0.717, 1.165) is 0 Å². The molecule has 0 saturated carbocycles. The molecule has 0 atom stereocenters. The molecule has 0 spiro atoms. The second-order valence-corrected chi connectivity index (χ2v) is 3.29. The maximum Gasteiger partial charge on any atom is 0.267 e. The highest BCUT2D eigenvalue weighted by Gasteiger charge is 2.03.